The lowest BCUT2D eigenvalue weighted by atomic mass is 9.98. The second-order valence-corrected chi connectivity index (χ2v) is 41.3. The normalized spacial score (nSPS) is 12.4. The van der Waals surface area contributed by atoms with Gasteiger partial charge in [-0.2, -0.15) is 0 Å². The third-order valence-corrected chi connectivity index (χ3v) is 20.9. The van der Waals surface area contributed by atoms with Crippen molar-refractivity contribution in [2.45, 2.75) is 321 Å². The second-order valence-electron chi connectivity index (χ2n) is 40.9. The number of aliphatic carboxylic acids is 3. The number of ether oxygens (including phenoxy) is 8. The number of nitrogens with one attached hydrogen (secondary N) is 6. The van der Waals surface area contributed by atoms with Crippen LogP contribution in [0.1, 0.15) is 266 Å². The van der Waals surface area contributed by atoms with Gasteiger partial charge in [-0.25, -0.2) is 52.7 Å². The van der Waals surface area contributed by atoms with Gasteiger partial charge in [-0.3, -0.25) is 48.3 Å². The minimum Gasteiger partial charge on any atom is -0.480 e. The summed E-state index contributed by atoms with van der Waals surface area (Å²) in [6.07, 6.45) is -2.54. The summed E-state index contributed by atoms with van der Waals surface area (Å²) in [7, 11) is 14.3. The van der Waals surface area contributed by atoms with Crippen LogP contribution in [-0.4, -0.2) is 303 Å². The molecule has 0 unspecified atom stereocenters. The number of methoxy groups -OCH3 is 4. The third kappa shape index (κ3) is 49.1. The highest BCUT2D eigenvalue weighted by Crippen LogP contribution is 2.25. The monoisotopic (exact) mass is 2010 g/mol. The van der Waals surface area contributed by atoms with Crippen molar-refractivity contribution in [3.63, 3.8) is 0 Å². The van der Waals surface area contributed by atoms with Gasteiger partial charge in [0, 0.05) is 51.9 Å². The standard InChI is InChI=1S/C18H26N2O4.C17H24N2O4.C16H30N2O5.C11H22N2O3.C11H21NO4.C10H19NO4.C9H17NO4.C7H5ClO/c1-12(2)14(16(22)24-6)19-17(23)18(3,4)20(5)15(21)13-10-8-7-9-11-13;1-11(2)13(15(21)22)18-16(23)17(3,4)19(5)14(20)12-9-7-6-8-10-12;1-10(2)11(12(19)22-9)17-13(20)16(6,7)18(8)14(21)23-15(3,4)5;1-7(2)8(9(14)16-6)13-10(15)11(3,4)12-5;1-10(2,3)16-9(14)12(6)11(4,5)8(13)15-7;1-9(2,3)15-8(14)11(6)10(4,5)7(12)13;1-8(2,3)14-7(13)10-9(4,5)6(11)12;8-7(9)6-4-2-1-3-5-6/h7-12,14H,1-6H3,(H,19,23);6-11,13H,1-5H3,(H,18,23)(H,21,22);10-11H,1-9H3,(H,17,20);7-8,12H,1-6H3,(H,13,15);1-7H3;1-6H3,(H,12,13);1-5H3,(H,10,13)(H,11,12);1-5H/t14-;13-;11-;8-;;;;/m0000..../s1. The molecule has 3 rings (SSSR count). The molecule has 0 radical (unpaired) electrons. The number of carbonyl (C=O) groups excluding carboxylic acids is 15. The zero-order valence-corrected chi connectivity index (χ0v) is 91.6. The molecule has 41 heteroatoms. The molecule has 0 spiro atoms. The Balaban J connectivity index is -0.000000503. The van der Waals surface area contributed by atoms with Crippen molar-refractivity contribution in [3.05, 3.63) is 108 Å². The van der Waals surface area contributed by atoms with E-state index in [-0.39, 0.29) is 41.4 Å². The lowest BCUT2D eigenvalue weighted by Gasteiger charge is -2.36. The molecule has 0 aliphatic rings. The van der Waals surface area contributed by atoms with Crippen molar-refractivity contribution in [1.82, 2.24) is 56.4 Å². The summed E-state index contributed by atoms with van der Waals surface area (Å²) in [6, 6.07) is 22.9. The predicted octanol–water partition coefficient (Wildman–Crippen LogP) is 12.8. The maximum atomic E-state index is 12.7. The fraction of sp³-hybridized carbons (Fsp3) is 0.636. The molecule has 0 aliphatic heterocycles. The molecule has 796 valence electrons. The Labute approximate surface area is 833 Å². The summed E-state index contributed by atoms with van der Waals surface area (Å²) in [5, 5.41) is 42.1. The van der Waals surface area contributed by atoms with Gasteiger partial charge in [-0.15, -0.1) is 0 Å². The smallest absolute Gasteiger partial charge is 0.410 e. The van der Waals surface area contributed by atoms with Crippen molar-refractivity contribution in [2.24, 2.45) is 23.7 Å². The van der Waals surface area contributed by atoms with Gasteiger partial charge in [0.25, 0.3) is 17.1 Å². The van der Waals surface area contributed by atoms with Crippen LogP contribution < -0.4 is 31.9 Å². The number of alkyl carbamates (subject to hydrolysis) is 1. The van der Waals surface area contributed by atoms with Crippen molar-refractivity contribution in [1.29, 1.82) is 0 Å². The van der Waals surface area contributed by atoms with Crippen LogP contribution in [0.25, 0.3) is 0 Å². The van der Waals surface area contributed by atoms with E-state index in [1.54, 1.807) is 273 Å². The first-order valence-corrected chi connectivity index (χ1v) is 45.2. The van der Waals surface area contributed by atoms with Crippen LogP contribution in [0.4, 0.5) is 19.2 Å². The number of carboxylic acids is 3. The average Bonchev–Trinajstić information content (AvgIpc) is 0.810. The number of nitrogens with zero attached hydrogens (tertiary/aromatic N) is 5. The number of hydrogen-bond donors (Lipinski definition) is 9. The number of likely N-dealkylation sites (N-methyl/N-ethyl adjacent to an activating group) is 6. The highest BCUT2D eigenvalue weighted by Gasteiger charge is 2.45. The van der Waals surface area contributed by atoms with Crippen LogP contribution in [-0.2, 0) is 90.6 Å². The van der Waals surface area contributed by atoms with Crippen molar-refractivity contribution < 1.29 is 140 Å². The van der Waals surface area contributed by atoms with E-state index < -0.39 is 174 Å². The number of amides is 10. The van der Waals surface area contributed by atoms with Gasteiger partial charge in [0.05, 0.1) is 34.0 Å². The maximum Gasteiger partial charge on any atom is 0.410 e. The van der Waals surface area contributed by atoms with Crippen LogP contribution in [0.5, 0.6) is 0 Å². The Morgan fingerprint density at radius 1 is 0.307 bits per heavy atom. The van der Waals surface area contributed by atoms with E-state index in [0.29, 0.717) is 16.7 Å². The minimum absolute atomic E-state index is 0.0101. The van der Waals surface area contributed by atoms with Gasteiger partial charge in [0.1, 0.15) is 79.8 Å². The number of hydrogen-bond acceptors (Lipinski definition) is 27. The summed E-state index contributed by atoms with van der Waals surface area (Å²) in [6.45, 7) is 57.2. The molecule has 0 saturated carbocycles. The fourth-order valence-electron chi connectivity index (χ4n) is 9.68. The van der Waals surface area contributed by atoms with Crippen molar-refractivity contribution in [2.75, 3.05) is 70.7 Å². The summed E-state index contributed by atoms with van der Waals surface area (Å²) >= 11 is 5.16. The zero-order chi connectivity index (χ0) is 112. The predicted molar refractivity (Wildman–Crippen MR) is 531 cm³/mol. The third-order valence-electron chi connectivity index (χ3n) is 20.7. The van der Waals surface area contributed by atoms with Gasteiger partial charge in [0.2, 0.25) is 23.6 Å². The molecule has 0 aromatic heterocycles. The maximum absolute atomic E-state index is 12.7. The summed E-state index contributed by atoms with van der Waals surface area (Å²) in [4.78, 5) is 217. The highest BCUT2D eigenvalue weighted by atomic mass is 35.5. The summed E-state index contributed by atoms with van der Waals surface area (Å²) in [5.74, 6) is -7.95. The molecule has 0 aliphatic carbocycles. The molecule has 40 nitrogen and oxygen atoms in total. The van der Waals surface area contributed by atoms with Crippen LogP contribution in [0.2, 0.25) is 0 Å². The second kappa shape index (κ2) is 58.7. The SMILES string of the molecule is CC(C)(C)OC(=O)NC(C)(C)C(=O)O.CC(C)[C@H](NC(=O)C(C)(C)N(C)C(=O)c1ccccc1)C(=O)O.CN(C(=O)OC(C)(C)C)C(C)(C)C(=O)O.CNC(C)(C)C(=O)N[C@H](C(=O)OC)C(C)C.COC(=O)C(C)(C)N(C)C(=O)OC(C)(C)C.COC(=O)[C@@H](NC(=O)C(C)(C)N(C)C(=O)OC(C)(C)C)C(C)C.COC(=O)[C@@H](NC(=O)C(C)(C)N(C)C(=O)c1ccccc1)C(C)C.O=C(Cl)c1ccccc1. The molecule has 140 heavy (non-hydrogen) atoms. The topological polar surface area (TPSA) is 530 Å². The molecule has 0 bridgehead atoms. The number of halogens is 1. The average molecular weight is 2010 g/mol. The molecule has 4 atom stereocenters. The Morgan fingerprint density at radius 3 is 0.764 bits per heavy atom. The lowest BCUT2D eigenvalue weighted by molar-refractivity contribution is -0.152. The van der Waals surface area contributed by atoms with E-state index in [1.165, 1.54) is 104 Å². The number of rotatable bonds is 29. The summed E-state index contributed by atoms with van der Waals surface area (Å²) < 4.78 is 39.1. The van der Waals surface area contributed by atoms with Gasteiger partial charge >= 0.3 is 66.2 Å². The van der Waals surface area contributed by atoms with Crippen LogP contribution in [0.15, 0.2) is 91.0 Å². The van der Waals surface area contributed by atoms with E-state index in [0.717, 1.165) is 4.90 Å². The van der Waals surface area contributed by atoms with Gasteiger partial charge < -0.3 is 94.9 Å². The molecule has 3 aromatic rings. The number of benzene rings is 3. The van der Waals surface area contributed by atoms with Gasteiger partial charge in [-0.1, -0.05) is 122 Å². The quantitative estimate of drug-likeness (QED) is 0.0177. The molecule has 0 fully saturated rings. The van der Waals surface area contributed by atoms with Gasteiger partial charge in [-0.05, 0) is 247 Å². The molecule has 9 N–H and O–H groups in total. The van der Waals surface area contributed by atoms with Crippen molar-refractivity contribution in [3.8, 4) is 0 Å². The van der Waals surface area contributed by atoms with E-state index in [4.69, 9.17) is 50.2 Å². The largest absolute Gasteiger partial charge is 0.480 e. The first-order valence-electron chi connectivity index (χ1n) is 44.8. The van der Waals surface area contributed by atoms with Crippen LogP contribution >= 0.6 is 11.6 Å². The lowest BCUT2D eigenvalue weighted by Crippen LogP contribution is -2.59. The minimum atomic E-state index is -1.32. The molecule has 0 saturated heterocycles. The van der Waals surface area contributed by atoms with Crippen LogP contribution in [0.3, 0.4) is 0 Å². The first-order chi connectivity index (χ1) is 63.1. The molecular weight excluding hydrogens is 1840 g/mol. The first kappa shape index (κ1) is 136. The van der Waals surface area contributed by atoms with E-state index in [1.807, 2.05) is 39.8 Å². The van der Waals surface area contributed by atoms with Crippen molar-refractivity contribution >= 4 is 118 Å². The molecule has 10 amide bonds. The Kier molecular flexibility index (Phi) is 57.2. The molecular formula is C99H164ClN11O29. The highest BCUT2D eigenvalue weighted by molar-refractivity contribution is 6.67. The fourth-order valence-corrected chi connectivity index (χ4v) is 9.80. The Morgan fingerprint density at radius 2 is 0.550 bits per heavy atom. The Hall–Kier alpha value is -12.2. The van der Waals surface area contributed by atoms with E-state index in [2.05, 4.69) is 41.4 Å². The van der Waals surface area contributed by atoms with E-state index in [9.17, 15) is 91.4 Å². The summed E-state index contributed by atoms with van der Waals surface area (Å²) in [5.41, 5.74) is -8.85. The van der Waals surface area contributed by atoms with Crippen LogP contribution in [0, 0.1) is 23.7 Å². The number of esters is 4. The number of carbonyl (C=O) groups is 18. The molecule has 0 heterocycles. The zero-order valence-electron chi connectivity index (χ0n) is 90.8. The Bertz CT molecular complexity index is 4550. The molecule has 3 aromatic carbocycles. The van der Waals surface area contributed by atoms with Gasteiger partial charge in [0.15, 0.2) is 0 Å². The van der Waals surface area contributed by atoms with E-state index >= 15 is 0 Å². The number of carboxylic acid groups (broad SMARTS) is 3.